The van der Waals surface area contributed by atoms with Gasteiger partial charge in [0.25, 0.3) is 0 Å². The molecular formula is C12H22N4O. The molecule has 2 heterocycles. The van der Waals surface area contributed by atoms with Gasteiger partial charge in [-0.1, -0.05) is 0 Å². The Hall–Kier alpha value is -0.910. The minimum atomic E-state index is 0.252. The maximum absolute atomic E-state index is 5.96. The molecule has 2 rings (SSSR count). The Kier molecular flexibility index (Phi) is 3.81. The topological polar surface area (TPSA) is 56.3 Å². The first-order valence-corrected chi connectivity index (χ1v) is 6.17. The lowest BCUT2D eigenvalue weighted by atomic mass is 10.0. The Labute approximate surface area is 103 Å². The van der Waals surface area contributed by atoms with Gasteiger partial charge in [0.15, 0.2) is 0 Å². The molecule has 2 unspecified atom stereocenters. The highest BCUT2D eigenvalue weighted by Crippen LogP contribution is 2.25. The third-order valence-corrected chi connectivity index (χ3v) is 3.67. The van der Waals surface area contributed by atoms with Crippen LogP contribution in [0.1, 0.15) is 24.2 Å². The first kappa shape index (κ1) is 12.5. The third-order valence-electron chi connectivity index (χ3n) is 3.67. The molecule has 1 fully saturated rings. The zero-order chi connectivity index (χ0) is 12.4. The molecule has 2 N–H and O–H groups in total. The van der Waals surface area contributed by atoms with Gasteiger partial charge in [0.2, 0.25) is 0 Å². The molecule has 96 valence electrons. The molecule has 1 aliphatic rings. The molecule has 1 aromatic heterocycles. The lowest BCUT2D eigenvalue weighted by molar-refractivity contribution is -0.0210. The Balaban J connectivity index is 2.23. The average Bonchev–Trinajstić information content (AvgIpc) is 2.65. The van der Waals surface area contributed by atoms with Crippen LogP contribution in [0, 0.1) is 6.92 Å². The quantitative estimate of drug-likeness (QED) is 0.830. The molecule has 0 saturated carbocycles. The predicted molar refractivity (Wildman–Crippen MR) is 66.7 cm³/mol. The number of aryl methyl sites for hydroxylation is 1. The molecule has 0 radical (unpaired) electrons. The van der Waals surface area contributed by atoms with E-state index in [4.69, 9.17) is 10.5 Å². The molecule has 0 bridgehead atoms. The molecule has 17 heavy (non-hydrogen) atoms. The SMILES string of the molecule is Cc1c(C(CN)N2CCOCC2C)cnn1C. The lowest BCUT2D eigenvalue weighted by Gasteiger charge is -2.39. The van der Waals surface area contributed by atoms with Crippen LogP contribution in [0.5, 0.6) is 0 Å². The van der Waals surface area contributed by atoms with Gasteiger partial charge in [0.05, 0.1) is 25.5 Å². The summed E-state index contributed by atoms with van der Waals surface area (Å²) in [4.78, 5) is 2.42. The molecule has 1 saturated heterocycles. The summed E-state index contributed by atoms with van der Waals surface area (Å²) in [7, 11) is 1.97. The van der Waals surface area contributed by atoms with Crippen molar-refractivity contribution in [1.82, 2.24) is 14.7 Å². The highest BCUT2D eigenvalue weighted by atomic mass is 16.5. The summed E-state index contributed by atoms with van der Waals surface area (Å²) in [5, 5.41) is 4.31. The first-order valence-electron chi connectivity index (χ1n) is 6.17. The number of nitrogens with zero attached hydrogens (tertiary/aromatic N) is 3. The number of nitrogens with two attached hydrogens (primary N) is 1. The molecule has 1 aliphatic heterocycles. The van der Waals surface area contributed by atoms with Crippen LogP contribution in [0.2, 0.25) is 0 Å². The fourth-order valence-electron chi connectivity index (χ4n) is 2.49. The van der Waals surface area contributed by atoms with Gasteiger partial charge in [0, 0.05) is 37.4 Å². The van der Waals surface area contributed by atoms with Crippen LogP contribution < -0.4 is 5.73 Å². The van der Waals surface area contributed by atoms with Gasteiger partial charge < -0.3 is 10.5 Å². The molecule has 0 amide bonds. The number of hydrogen-bond donors (Lipinski definition) is 1. The summed E-state index contributed by atoms with van der Waals surface area (Å²) < 4.78 is 7.38. The smallest absolute Gasteiger partial charge is 0.0620 e. The average molecular weight is 238 g/mol. The highest BCUT2D eigenvalue weighted by molar-refractivity contribution is 5.21. The molecular weight excluding hydrogens is 216 g/mol. The summed E-state index contributed by atoms with van der Waals surface area (Å²) in [6, 6.07) is 0.666. The van der Waals surface area contributed by atoms with E-state index in [1.807, 2.05) is 17.9 Å². The van der Waals surface area contributed by atoms with Crippen molar-refractivity contribution in [2.45, 2.75) is 25.9 Å². The fourth-order valence-corrected chi connectivity index (χ4v) is 2.49. The zero-order valence-electron chi connectivity index (χ0n) is 10.9. The Morgan fingerprint density at radius 2 is 2.41 bits per heavy atom. The van der Waals surface area contributed by atoms with E-state index in [1.54, 1.807) is 0 Å². The highest BCUT2D eigenvalue weighted by Gasteiger charge is 2.28. The van der Waals surface area contributed by atoms with Crippen molar-refractivity contribution in [3.05, 3.63) is 17.5 Å². The Morgan fingerprint density at radius 3 is 2.94 bits per heavy atom. The van der Waals surface area contributed by atoms with Crippen molar-refractivity contribution in [2.75, 3.05) is 26.3 Å². The summed E-state index contributed by atoms with van der Waals surface area (Å²) in [6.45, 7) is 7.42. The number of morpholine rings is 1. The van der Waals surface area contributed by atoms with Crippen LogP contribution in [0.4, 0.5) is 0 Å². The standard InChI is InChI=1S/C12H22N4O/c1-9-8-17-5-4-16(9)12(6-13)11-7-14-15(3)10(11)2/h7,9,12H,4-6,8,13H2,1-3H3. The van der Waals surface area contributed by atoms with E-state index in [2.05, 4.69) is 23.8 Å². The second-order valence-electron chi connectivity index (χ2n) is 4.72. The van der Waals surface area contributed by atoms with Crippen LogP contribution in [0.15, 0.2) is 6.20 Å². The van der Waals surface area contributed by atoms with Crippen molar-refractivity contribution in [2.24, 2.45) is 12.8 Å². The summed E-state index contributed by atoms with van der Waals surface area (Å²) in [6.07, 6.45) is 1.94. The van der Waals surface area contributed by atoms with Crippen molar-refractivity contribution in [3.63, 3.8) is 0 Å². The van der Waals surface area contributed by atoms with Gasteiger partial charge in [0.1, 0.15) is 0 Å². The minimum Gasteiger partial charge on any atom is -0.379 e. The van der Waals surface area contributed by atoms with E-state index in [1.165, 1.54) is 11.3 Å². The molecule has 2 atom stereocenters. The van der Waals surface area contributed by atoms with E-state index < -0.39 is 0 Å². The summed E-state index contributed by atoms with van der Waals surface area (Å²) in [5.74, 6) is 0. The molecule has 0 aliphatic carbocycles. The van der Waals surface area contributed by atoms with Gasteiger partial charge in [-0.15, -0.1) is 0 Å². The van der Waals surface area contributed by atoms with Gasteiger partial charge in [-0.05, 0) is 13.8 Å². The third kappa shape index (κ3) is 2.36. The summed E-state index contributed by atoms with van der Waals surface area (Å²) in [5.41, 5.74) is 8.39. The number of rotatable bonds is 3. The predicted octanol–water partition coefficient (Wildman–Crippen LogP) is 0.449. The van der Waals surface area contributed by atoms with Crippen LogP contribution in [-0.2, 0) is 11.8 Å². The number of aromatic nitrogens is 2. The normalized spacial score (nSPS) is 23.9. The van der Waals surface area contributed by atoms with Gasteiger partial charge in [-0.25, -0.2) is 0 Å². The molecule has 1 aromatic rings. The van der Waals surface area contributed by atoms with Crippen molar-refractivity contribution in [3.8, 4) is 0 Å². The zero-order valence-corrected chi connectivity index (χ0v) is 10.9. The van der Waals surface area contributed by atoms with E-state index in [-0.39, 0.29) is 6.04 Å². The minimum absolute atomic E-state index is 0.252. The van der Waals surface area contributed by atoms with E-state index in [0.717, 1.165) is 19.8 Å². The van der Waals surface area contributed by atoms with Crippen molar-refractivity contribution >= 4 is 0 Å². The summed E-state index contributed by atoms with van der Waals surface area (Å²) >= 11 is 0. The maximum Gasteiger partial charge on any atom is 0.0620 e. The van der Waals surface area contributed by atoms with E-state index in [0.29, 0.717) is 12.6 Å². The largest absolute Gasteiger partial charge is 0.379 e. The lowest BCUT2D eigenvalue weighted by Crippen LogP contribution is -2.47. The van der Waals surface area contributed by atoms with Gasteiger partial charge >= 0.3 is 0 Å². The van der Waals surface area contributed by atoms with Crippen LogP contribution in [-0.4, -0.2) is 47.0 Å². The van der Waals surface area contributed by atoms with E-state index in [9.17, 15) is 0 Å². The van der Waals surface area contributed by atoms with Crippen molar-refractivity contribution < 1.29 is 4.74 Å². The molecule has 5 nitrogen and oxygen atoms in total. The van der Waals surface area contributed by atoms with Gasteiger partial charge in [-0.2, -0.15) is 5.10 Å². The number of hydrogen-bond acceptors (Lipinski definition) is 4. The van der Waals surface area contributed by atoms with Gasteiger partial charge in [-0.3, -0.25) is 9.58 Å². The number of ether oxygens (including phenoxy) is 1. The van der Waals surface area contributed by atoms with E-state index >= 15 is 0 Å². The molecule has 0 aromatic carbocycles. The van der Waals surface area contributed by atoms with Crippen molar-refractivity contribution in [1.29, 1.82) is 0 Å². The van der Waals surface area contributed by atoms with Crippen LogP contribution >= 0.6 is 0 Å². The Bertz CT molecular complexity index is 377. The monoisotopic (exact) mass is 238 g/mol. The molecule has 0 spiro atoms. The molecule has 5 heteroatoms. The van der Waals surface area contributed by atoms with Crippen LogP contribution in [0.25, 0.3) is 0 Å². The first-order chi connectivity index (χ1) is 8.15. The maximum atomic E-state index is 5.96. The fraction of sp³-hybridized carbons (Fsp3) is 0.750. The van der Waals surface area contributed by atoms with Crippen LogP contribution in [0.3, 0.4) is 0 Å². The second kappa shape index (κ2) is 5.16. The second-order valence-corrected chi connectivity index (χ2v) is 4.72. The Morgan fingerprint density at radius 1 is 1.65 bits per heavy atom.